The summed E-state index contributed by atoms with van der Waals surface area (Å²) >= 11 is 0. The van der Waals surface area contributed by atoms with Crippen molar-refractivity contribution in [2.24, 2.45) is 17.8 Å². The monoisotopic (exact) mass is 276 g/mol. The predicted octanol–water partition coefficient (Wildman–Crippen LogP) is 2.88. The quantitative estimate of drug-likeness (QED) is 0.638. The van der Waals surface area contributed by atoms with Crippen LogP contribution >= 0.6 is 0 Å². The predicted molar refractivity (Wildman–Crippen MR) is 77.9 cm³/mol. The molecular weight excluding hydrogens is 256 g/mol. The molecule has 2 bridgehead atoms. The number of aromatic nitrogens is 1. The third-order valence-electron chi connectivity index (χ3n) is 4.71. The highest BCUT2D eigenvalue weighted by molar-refractivity contribution is 5.54. The van der Waals surface area contributed by atoms with Crippen LogP contribution in [0.3, 0.4) is 0 Å². The number of fused-ring (bicyclic) bond motifs is 2. The highest BCUT2D eigenvalue weighted by Gasteiger charge is 2.39. The van der Waals surface area contributed by atoms with E-state index in [4.69, 9.17) is 0 Å². The van der Waals surface area contributed by atoms with Gasteiger partial charge in [-0.15, -0.1) is 0 Å². The lowest BCUT2D eigenvalue weighted by Crippen LogP contribution is -2.20. The largest absolute Gasteiger partial charge is 0.373 e. The van der Waals surface area contributed by atoms with Gasteiger partial charge in [0.1, 0.15) is 11.6 Å². The normalized spacial score (nSPS) is 27.6. The SMILES string of the molecule is CNc1cc([N+](=O)[O-])cc(NCC2CC3CCC2C3)n1. The zero-order chi connectivity index (χ0) is 14.1. The lowest BCUT2D eigenvalue weighted by Gasteiger charge is -2.22. The fourth-order valence-corrected chi connectivity index (χ4v) is 3.70. The van der Waals surface area contributed by atoms with E-state index in [0.717, 1.165) is 18.4 Å². The van der Waals surface area contributed by atoms with E-state index in [2.05, 4.69) is 15.6 Å². The minimum absolute atomic E-state index is 0.0693. The topological polar surface area (TPSA) is 80.1 Å². The van der Waals surface area contributed by atoms with Crippen LogP contribution in [-0.2, 0) is 0 Å². The van der Waals surface area contributed by atoms with Gasteiger partial charge in [-0.05, 0) is 37.0 Å². The molecule has 1 aromatic heterocycles. The van der Waals surface area contributed by atoms with Gasteiger partial charge in [-0.25, -0.2) is 4.98 Å². The lowest BCUT2D eigenvalue weighted by atomic mass is 9.89. The molecule has 20 heavy (non-hydrogen) atoms. The molecule has 6 nitrogen and oxygen atoms in total. The minimum atomic E-state index is -0.384. The second-order valence-electron chi connectivity index (χ2n) is 5.92. The van der Waals surface area contributed by atoms with Gasteiger partial charge in [-0.1, -0.05) is 6.42 Å². The third kappa shape index (κ3) is 2.55. The summed E-state index contributed by atoms with van der Waals surface area (Å²) in [6, 6.07) is 2.96. The van der Waals surface area contributed by atoms with Crippen molar-refractivity contribution in [2.75, 3.05) is 24.2 Å². The van der Waals surface area contributed by atoms with Crippen LogP contribution in [0, 0.1) is 27.9 Å². The number of nitrogens with zero attached hydrogens (tertiary/aromatic N) is 2. The van der Waals surface area contributed by atoms with Gasteiger partial charge < -0.3 is 10.6 Å². The standard InChI is InChI=1S/C14H20N4O2/c1-15-13-6-12(18(19)20)7-14(17-13)16-8-11-5-9-2-3-10(11)4-9/h6-7,9-11H,2-5,8H2,1H3,(H2,15,16,17). The Kier molecular flexibility index (Phi) is 3.46. The molecule has 1 aromatic rings. The Labute approximate surface area is 118 Å². The molecule has 0 aromatic carbocycles. The van der Waals surface area contributed by atoms with E-state index in [9.17, 15) is 10.1 Å². The van der Waals surface area contributed by atoms with Gasteiger partial charge in [0.2, 0.25) is 0 Å². The molecule has 3 rings (SSSR count). The first kappa shape index (κ1) is 13.1. The van der Waals surface area contributed by atoms with Crippen molar-refractivity contribution in [3.05, 3.63) is 22.2 Å². The summed E-state index contributed by atoms with van der Waals surface area (Å²) < 4.78 is 0. The molecular formula is C14H20N4O2. The molecule has 3 atom stereocenters. The summed E-state index contributed by atoms with van der Waals surface area (Å²) in [5.41, 5.74) is 0.0693. The summed E-state index contributed by atoms with van der Waals surface area (Å²) in [7, 11) is 1.71. The van der Waals surface area contributed by atoms with Gasteiger partial charge in [0, 0.05) is 13.6 Å². The lowest BCUT2D eigenvalue weighted by molar-refractivity contribution is -0.384. The molecule has 2 fully saturated rings. The van der Waals surface area contributed by atoms with E-state index in [1.807, 2.05) is 0 Å². The zero-order valence-electron chi connectivity index (χ0n) is 11.6. The molecule has 108 valence electrons. The summed E-state index contributed by atoms with van der Waals surface area (Å²) in [6.45, 7) is 0.874. The highest BCUT2D eigenvalue weighted by atomic mass is 16.6. The molecule has 3 unspecified atom stereocenters. The maximum atomic E-state index is 10.9. The van der Waals surface area contributed by atoms with E-state index in [1.165, 1.54) is 37.8 Å². The molecule has 0 radical (unpaired) electrons. The number of hydrogen-bond acceptors (Lipinski definition) is 5. The fraction of sp³-hybridized carbons (Fsp3) is 0.643. The van der Waals surface area contributed by atoms with Crippen molar-refractivity contribution in [1.29, 1.82) is 0 Å². The first-order valence-electron chi connectivity index (χ1n) is 7.24. The number of nitrogens with one attached hydrogen (secondary N) is 2. The third-order valence-corrected chi connectivity index (χ3v) is 4.71. The first-order chi connectivity index (χ1) is 9.65. The molecule has 0 spiro atoms. The van der Waals surface area contributed by atoms with E-state index in [0.29, 0.717) is 17.6 Å². The Morgan fingerprint density at radius 1 is 1.35 bits per heavy atom. The average Bonchev–Trinajstić information content (AvgIpc) is 3.07. The smallest absolute Gasteiger partial charge is 0.276 e. The van der Waals surface area contributed by atoms with Crippen molar-refractivity contribution >= 4 is 17.3 Å². The van der Waals surface area contributed by atoms with Crippen molar-refractivity contribution in [1.82, 2.24) is 4.98 Å². The summed E-state index contributed by atoms with van der Waals surface area (Å²) in [5, 5.41) is 17.1. The van der Waals surface area contributed by atoms with Gasteiger partial charge >= 0.3 is 0 Å². The Bertz CT molecular complexity index is 520. The van der Waals surface area contributed by atoms with Crippen molar-refractivity contribution in [3.63, 3.8) is 0 Å². The van der Waals surface area contributed by atoms with Crippen LogP contribution in [0.5, 0.6) is 0 Å². The second kappa shape index (κ2) is 5.26. The van der Waals surface area contributed by atoms with Crippen LogP contribution in [0.25, 0.3) is 0 Å². The number of hydrogen-bond donors (Lipinski definition) is 2. The Balaban J connectivity index is 1.67. The van der Waals surface area contributed by atoms with Crippen LogP contribution < -0.4 is 10.6 Å². The Hall–Kier alpha value is -1.85. The van der Waals surface area contributed by atoms with Gasteiger partial charge in [0.15, 0.2) is 0 Å². The summed E-state index contributed by atoms with van der Waals surface area (Å²) in [4.78, 5) is 14.9. The van der Waals surface area contributed by atoms with Crippen molar-refractivity contribution in [3.8, 4) is 0 Å². The van der Waals surface area contributed by atoms with Crippen LogP contribution in [0.15, 0.2) is 12.1 Å². The van der Waals surface area contributed by atoms with Crippen molar-refractivity contribution < 1.29 is 4.92 Å². The molecule has 0 aliphatic heterocycles. The van der Waals surface area contributed by atoms with E-state index in [1.54, 1.807) is 7.05 Å². The number of nitro groups is 1. The maximum Gasteiger partial charge on any atom is 0.276 e. The van der Waals surface area contributed by atoms with Gasteiger partial charge in [0.25, 0.3) is 5.69 Å². The summed E-state index contributed by atoms with van der Waals surface area (Å²) in [5.74, 6) is 3.57. The molecule has 1 heterocycles. The summed E-state index contributed by atoms with van der Waals surface area (Å²) in [6.07, 6.45) is 5.41. The van der Waals surface area contributed by atoms with Crippen LogP contribution in [0.2, 0.25) is 0 Å². The van der Waals surface area contributed by atoms with E-state index >= 15 is 0 Å². The Morgan fingerprint density at radius 3 is 2.75 bits per heavy atom. The molecule has 2 saturated carbocycles. The molecule has 6 heteroatoms. The van der Waals surface area contributed by atoms with Crippen molar-refractivity contribution in [2.45, 2.75) is 25.7 Å². The zero-order valence-corrected chi connectivity index (χ0v) is 11.6. The van der Waals surface area contributed by atoms with Crippen LogP contribution in [0.4, 0.5) is 17.3 Å². The Morgan fingerprint density at radius 2 is 2.15 bits per heavy atom. The molecule has 0 amide bonds. The van der Waals surface area contributed by atoms with Gasteiger partial charge in [-0.3, -0.25) is 10.1 Å². The van der Waals surface area contributed by atoms with E-state index in [-0.39, 0.29) is 10.6 Å². The molecule has 2 aliphatic carbocycles. The number of anilines is 2. The average molecular weight is 276 g/mol. The van der Waals surface area contributed by atoms with Crippen LogP contribution in [0.1, 0.15) is 25.7 Å². The fourth-order valence-electron chi connectivity index (χ4n) is 3.70. The van der Waals surface area contributed by atoms with Crippen LogP contribution in [-0.4, -0.2) is 23.5 Å². The maximum absolute atomic E-state index is 10.9. The second-order valence-corrected chi connectivity index (χ2v) is 5.92. The number of rotatable bonds is 5. The first-order valence-corrected chi connectivity index (χ1v) is 7.24. The number of pyridine rings is 1. The molecule has 2 aliphatic rings. The minimum Gasteiger partial charge on any atom is -0.373 e. The molecule has 0 saturated heterocycles. The van der Waals surface area contributed by atoms with Gasteiger partial charge in [-0.2, -0.15) is 0 Å². The highest BCUT2D eigenvalue weighted by Crippen LogP contribution is 2.48. The van der Waals surface area contributed by atoms with E-state index < -0.39 is 0 Å². The van der Waals surface area contributed by atoms with Gasteiger partial charge in [0.05, 0.1) is 17.1 Å². The molecule has 2 N–H and O–H groups in total.